The molecule has 2 heterocycles. The normalized spacial score (nSPS) is 12.7. The van der Waals surface area contributed by atoms with Gasteiger partial charge in [-0.25, -0.2) is 0 Å². The Hall–Kier alpha value is -1.24. The van der Waals surface area contributed by atoms with Crippen LogP contribution < -0.4 is 11.3 Å². The van der Waals surface area contributed by atoms with E-state index in [2.05, 4.69) is 44.4 Å². The van der Waals surface area contributed by atoms with Crippen molar-refractivity contribution in [1.82, 2.24) is 20.2 Å². The molecule has 0 bridgehead atoms. The topological polar surface area (TPSA) is 68.8 Å². The number of aromatic nitrogens is 3. The van der Waals surface area contributed by atoms with Crippen molar-refractivity contribution in [3.63, 3.8) is 0 Å². The van der Waals surface area contributed by atoms with Crippen molar-refractivity contribution < 1.29 is 0 Å². The molecule has 2 aromatic rings. The predicted octanol–water partition coefficient (Wildman–Crippen LogP) is 2.42. The Balaban J connectivity index is 2.28. The van der Waals surface area contributed by atoms with Crippen LogP contribution in [-0.4, -0.2) is 14.8 Å². The van der Waals surface area contributed by atoms with Gasteiger partial charge in [-0.05, 0) is 48.3 Å². The van der Waals surface area contributed by atoms with Crippen molar-refractivity contribution in [2.75, 3.05) is 0 Å². The van der Waals surface area contributed by atoms with Gasteiger partial charge in [0.25, 0.3) is 0 Å². The minimum Gasteiger partial charge on any atom is -0.271 e. The molecule has 20 heavy (non-hydrogen) atoms. The molecule has 1 atom stereocenters. The van der Waals surface area contributed by atoms with E-state index in [1.54, 1.807) is 0 Å². The number of aryl methyl sites for hydroxylation is 3. The summed E-state index contributed by atoms with van der Waals surface area (Å²) in [6, 6.07) is 4.07. The average Bonchev–Trinajstić information content (AvgIpc) is 2.73. The van der Waals surface area contributed by atoms with Crippen molar-refractivity contribution in [3.05, 3.63) is 45.4 Å². The maximum atomic E-state index is 5.72. The zero-order chi connectivity index (χ0) is 14.7. The van der Waals surface area contributed by atoms with E-state index in [-0.39, 0.29) is 6.04 Å². The molecule has 0 aromatic carbocycles. The molecule has 0 amide bonds. The molecular formula is C14H20BrN5. The molecule has 0 aliphatic rings. The molecule has 2 rings (SSSR count). The van der Waals surface area contributed by atoms with Gasteiger partial charge in [-0.2, -0.15) is 5.10 Å². The SMILES string of the molecule is CCn1nc(C)c(Br)c1CC(NN)c1ccc(C)nc1. The van der Waals surface area contributed by atoms with Crippen LogP contribution in [-0.2, 0) is 13.0 Å². The molecule has 0 fully saturated rings. The summed E-state index contributed by atoms with van der Waals surface area (Å²) >= 11 is 3.62. The Bertz CT molecular complexity index is 576. The van der Waals surface area contributed by atoms with E-state index < -0.39 is 0 Å². The van der Waals surface area contributed by atoms with Crippen LogP contribution in [0.15, 0.2) is 22.8 Å². The van der Waals surface area contributed by atoms with E-state index in [4.69, 9.17) is 5.84 Å². The van der Waals surface area contributed by atoms with E-state index in [9.17, 15) is 0 Å². The summed E-state index contributed by atoms with van der Waals surface area (Å²) < 4.78 is 3.06. The maximum Gasteiger partial charge on any atom is 0.0738 e. The molecule has 5 nitrogen and oxygen atoms in total. The van der Waals surface area contributed by atoms with Crippen molar-refractivity contribution in [2.45, 2.75) is 39.8 Å². The summed E-state index contributed by atoms with van der Waals surface area (Å²) in [4.78, 5) is 4.33. The summed E-state index contributed by atoms with van der Waals surface area (Å²) in [6.45, 7) is 6.89. The van der Waals surface area contributed by atoms with Crippen LogP contribution in [0.1, 0.15) is 35.6 Å². The highest BCUT2D eigenvalue weighted by Gasteiger charge is 2.18. The Morgan fingerprint density at radius 1 is 1.40 bits per heavy atom. The van der Waals surface area contributed by atoms with Gasteiger partial charge in [0.15, 0.2) is 0 Å². The molecular weight excluding hydrogens is 318 g/mol. The fourth-order valence-electron chi connectivity index (χ4n) is 2.22. The van der Waals surface area contributed by atoms with Gasteiger partial charge in [-0.1, -0.05) is 6.07 Å². The Kier molecular flexibility index (Phi) is 4.91. The number of halogens is 1. The van der Waals surface area contributed by atoms with E-state index in [0.717, 1.165) is 40.1 Å². The number of nitrogens with one attached hydrogen (secondary N) is 1. The van der Waals surface area contributed by atoms with E-state index >= 15 is 0 Å². The van der Waals surface area contributed by atoms with Gasteiger partial charge < -0.3 is 0 Å². The van der Waals surface area contributed by atoms with Gasteiger partial charge in [0.05, 0.1) is 21.9 Å². The predicted molar refractivity (Wildman–Crippen MR) is 83.1 cm³/mol. The van der Waals surface area contributed by atoms with Crippen LogP contribution in [0.25, 0.3) is 0 Å². The van der Waals surface area contributed by atoms with E-state index in [0.29, 0.717) is 0 Å². The van der Waals surface area contributed by atoms with Crippen molar-refractivity contribution in [3.8, 4) is 0 Å². The van der Waals surface area contributed by atoms with Crippen LogP contribution in [0.5, 0.6) is 0 Å². The number of hydrogen-bond acceptors (Lipinski definition) is 4. The lowest BCUT2D eigenvalue weighted by Crippen LogP contribution is -2.30. The third-order valence-corrected chi connectivity index (χ3v) is 4.42. The van der Waals surface area contributed by atoms with Crippen molar-refractivity contribution >= 4 is 15.9 Å². The first kappa shape index (κ1) is 15.2. The molecule has 0 radical (unpaired) electrons. The summed E-state index contributed by atoms with van der Waals surface area (Å²) in [7, 11) is 0. The monoisotopic (exact) mass is 337 g/mol. The minimum atomic E-state index is 0.0146. The number of hydrogen-bond donors (Lipinski definition) is 2. The standard InChI is InChI=1S/C14H20BrN5/c1-4-20-13(14(15)10(3)19-20)7-12(18-16)11-6-5-9(2)17-8-11/h5-6,8,12,18H,4,7,16H2,1-3H3. The highest BCUT2D eigenvalue weighted by Crippen LogP contribution is 2.26. The summed E-state index contributed by atoms with van der Waals surface area (Å²) in [5, 5.41) is 4.51. The fourth-order valence-corrected chi connectivity index (χ4v) is 2.66. The summed E-state index contributed by atoms with van der Waals surface area (Å²) in [6.07, 6.45) is 2.63. The van der Waals surface area contributed by atoms with Gasteiger partial charge in [0, 0.05) is 24.9 Å². The lowest BCUT2D eigenvalue weighted by atomic mass is 10.0. The largest absolute Gasteiger partial charge is 0.271 e. The molecule has 108 valence electrons. The molecule has 2 aromatic heterocycles. The zero-order valence-corrected chi connectivity index (χ0v) is 13.6. The number of nitrogens with zero attached hydrogens (tertiary/aromatic N) is 3. The van der Waals surface area contributed by atoms with Crippen LogP contribution in [0, 0.1) is 13.8 Å². The lowest BCUT2D eigenvalue weighted by molar-refractivity contribution is 0.514. The van der Waals surface area contributed by atoms with Gasteiger partial charge in [0.1, 0.15) is 0 Å². The molecule has 0 saturated carbocycles. The molecule has 0 aliphatic carbocycles. The van der Waals surface area contributed by atoms with E-state index in [1.165, 1.54) is 0 Å². The van der Waals surface area contributed by atoms with Crippen LogP contribution in [0.3, 0.4) is 0 Å². The van der Waals surface area contributed by atoms with Gasteiger partial charge in [-0.15, -0.1) is 0 Å². The summed E-state index contributed by atoms with van der Waals surface area (Å²) in [5.74, 6) is 5.72. The minimum absolute atomic E-state index is 0.0146. The Labute approximate surface area is 127 Å². The second-order valence-corrected chi connectivity index (χ2v) is 5.61. The molecule has 3 N–H and O–H groups in total. The molecule has 6 heteroatoms. The van der Waals surface area contributed by atoms with Gasteiger partial charge in [-0.3, -0.25) is 20.9 Å². The van der Waals surface area contributed by atoms with Crippen LogP contribution >= 0.6 is 15.9 Å². The molecule has 0 saturated heterocycles. The van der Waals surface area contributed by atoms with E-state index in [1.807, 2.05) is 30.8 Å². The second kappa shape index (κ2) is 6.47. The van der Waals surface area contributed by atoms with Gasteiger partial charge in [0.2, 0.25) is 0 Å². The molecule has 1 unspecified atom stereocenters. The number of pyridine rings is 1. The van der Waals surface area contributed by atoms with Crippen molar-refractivity contribution in [2.24, 2.45) is 5.84 Å². The second-order valence-electron chi connectivity index (χ2n) is 4.82. The summed E-state index contributed by atoms with van der Waals surface area (Å²) in [5.41, 5.74) is 7.09. The zero-order valence-electron chi connectivity index (χ0n) is 12.0. The number of rotatable bonds is 5. The number of hydrazine groups is 1. The van der Waals surface area contributed by atoms with Crippen molar-refractivity contribution in [1.29, 1.82) is 0 Å². The maximum absolute atomic E-state index is 5.72. The lowest BCUT2D eigenvalue weighted by Gasteiger charge is -2.17. The molecule has 0 aliphatic heterocycles. The quantitative estimate of drug-likeness (QED) is 0.649. The Morgan fingerprint density at radius 3 is 2.70 bits per heavy atom. The van der Waals surface area contributed by atoms with Crippen LogP contribution in [0.4, 0.5) is 0 Å². The Morgan fingerprint density at radius 2 is 2.15 bits per heavy atom. The highest BCUT2D eigenvalue weighted by atomic mass is 79.9. The first-order valence-electron chi connectivity index (χ1n) is 6.67. The third kappa shape index (κ3) is 3.08. The van der Waals surface area contributed by atoms with Crippen LogP contribution in [0.2, 0.25) is 0 Å². The first-order chi connectivity index (χ1) is 9.56. The first-order valence-corrected chi connectivity index (χ1v) is 7.46. The third-order valence-electron chi connectivity index (χ3n) is 3.39. The smallest absolute Gasteiger partial charge is 0.0738 e. The highest BCUT2D eigenvalue weighted by molar-refractivity contribution is 9.10. The fraction of sp³-hybridized carbons (Fsp3) is 0.429. The van der Waals surface area contributed by atoms with Gasteiger partial charge >= 0.3 is 0 Å². The molecule has 0 spiro atoms. The average molecular weight is 338 g/mol. The number of nitrogens with two attached hydrogens (primary N) is 1.